The van der Waals surface area contributed by atoms with Gasteiger partial charge in [-0.25, -0.2) is 0 Å². The lowest BCUT2D eigenvalue weighted by Crippen LogP contribution is -2.19. The Hall–Kier alpha value is -0.735. The standard InChI is InChI=1S/C7H12BO3/c1-5-10-8-11-7(9-4)6(2)3/h5,7H,1-2H2,3-4H3. The Labute approximate surface area is 67.9 Å². The van der Waals surface area contributed by atoms with E-state index >= 15 is 0 Å². The van der Waals surface area contributed by atoms with Gasteiger partial charge in [-0.1, -0.05) is 13.2 Å². The fourth-order valence-electron chi connectivity index (χ4n) is 0.495. The Morgan fingerprint density at radius 3 is 2.64 bits per heavy atom. The van der Waals surface area contributed by atoms with E-state index in [9.17, 15) is 0 Å². The maximum absolute atomic E-state index is 4.95. The van der Waals surface area contributed by atoms with Crippen LogP contribution in [0.5, 0.6) is 0 Å². The molecule has 0 bridgehead atoms. The van der Waals surface area contributed by atoms with E-state index in [0.29, 0.717) is 0 Å². The molecule has 4 heteroatoms. The summed E-state index contributed by atoms with van der Waals surface area (Å²) in [4.78, 5) is 0. The fraction of sp³-hybridized carbons (Fsp3) is 0.429. The van der Waals surface area contributed by atoms with E-state index in [0.717, 1.165) is 13.3 Å². The second-order valence-corrected chi connectivity index (χ2v) is 1.95. The molecule has 0 saturated heterocycles. The highest BCUT2D eigenvalue weighted by Crippen LogP contribution is 2.02. The van der Waals surface area contributed by atoms with Crippen LogP contribution in [0.3, 0.4) is 0 Å². The van der Waals surface area contributed by atoms with Crippen molar-refractivity contribution in [3.8, 4) is 0 Å². The van der Waals surface area contributed by atoms with Gasteiger partial charge < -0.3 is 14.0 Å². The molecule has 1 atom stereocenters. The molecule has 3 nitrogen and oxygen atoms in total. The second kappa shape index (κ2) is 6.01. The highest BCUT2D eigenvalue weighted by Gasteiger charge is 2.08. The maximum atomic E-state index is 4.95. The summed E-state index contributed by atoms with van der Waals surface area (Å²) in [5.41, 5.74) is 0.774. The number of ether oxygens (including phenoxy) is 1. The largest absolute Gasteiger partial charge is 0.574 e. The number of methoxy groups -OCH3 is 1. The minimum atomic E-state index is -0.449. The summed E-state index contributed by atoms with van der Waals surface area (Å²) < 4.78 is 14.5. The normalized spacial score (nSPS) is 11.8. The number of hydrogen-bond acceptors (Lipinski definition) is 3. The van der Waals surface area contributed by atoms with Crippen molar-refractivity contribution < 1.29 is 14.0 Å². The molecule has 0 saturated carbocycles. The third-order valence-electron chi connectivity index (χ3n) is 0.947. The van der Waals surface area contributed by atoms with Crippen molar-refractivity contribution in [1.29, 1.82) is 0 Å². The summed E-state index contributed by atoms with van der Waals surface area (Å²) in [6.07, 6.45) is 0.806. The Balaban J connectivity index is 3.52. The molecule has 0 aromatic carbocycles. The van der Waals surface area contributed by atoms with E-state index < -0.39 is 6.29 Å². The highest BCUT2D eigenvalue weighted by molar-refractivity contribution is 6.18. The van der Waals surface area contributed by atoms with Crippen molar-refractivity contribution in [3.63, 3.8) is 0 Å². The molecule has 0 fully saturated rings. The summed E-state index contributed by atoms with van der Waals surface area (Å²) in [5.74, 6) is 0. The van der Waals surface area contributed by atoms with Crippen LogP contribution in [0.4, 0.5) is 0 Å². The molecule has 0 spiro atoms. The third kappa shape index (κ3) is 4.64. The van der Waals surface area contributed by atoms with Crippen molar-refractivity contribution in [1.82, 2.24) is 0 Å². The summed E-state index contributed by atoms with van der Waals surface area (Å²) in [6.45, 7) is 8.79. The molecule has 61 valence electrons. The van der Waals surface area contributed by atoms with E-state index in [1.54, 1.807) is 6.92 Å². The van der Waals surface area contributed by atoms with Crippen LogP contribution in [0.2, 0.25) is 0 Å². The maximum Gasteiger partial charge on any atom is 0.574 e. The SMILES string of the molecule is C=CO[B]OC(OC)C(=C)C. The van der Waals surface area contributed by atoms with Crippen molar-refractivity contribution in [2.75, 3.05) is 7.11 Å². The molecular weight excluding hydrogens is 143 g/mol. The van der Waals surface area contributed by atoms with Gasteiger partial charge in [-0.2, -0.15) is 0 Å². The Bertz CT molecular complexity index is 136. The van der Waals surface area contributed by atoms with Gasteiger partial charge in [-0.3, -0.25) is 0 Å². The molecule has 0 aliphatic heterocycles. The molecule has 0 aromatic rings. The zero-order chi connectivity index (χ0) is 8.69. The van der Waals surface area contributed by atoms with Crippen LogP contribution in [0.25, 0.3) is 0 Å². The quantitative estimate of drug-likeness (QED) is 0.190. The molecule has 0 aromatic heterocycles. The Morgan fingerprint density at radius 1 is 1.64 bits per heavy atom. The first-order chi connectivity index (χ1) is 5.22. The van der Waals surface area contributed by atoms with Crippen LogP contribution in [0.15, 0.2) is 25.0 Å². The van der Waals surface area contributed by atoms with E-state index in [1.807, 2.05) is 0 Å². The van der Waals surface area contributed by atoms with Gasteiger partial charge in [0.05, 0.1) is 6.26 Å². The first kappa shape index (κ1) is 10.3. The van der Waals surface area contributed by atoms with Gasteiger partial charge in [0.25, 0.3) is 0 Å². The Morgan fingerprint density at radius 2 is 2.27 bits per heavy atom. The zero-order valence-electron chi connectivity index (χ0n) is 6.87. The van der Waals surface area contributed by atoms with Gasteiger partial charge >= 0.3 is 7.69 Å². The molecule has 0 N–H and O–H groups in total. The fourth-order valence-corrected chi connectivity index (χ4v) is 0.495. The van der Waals surface area contributed by atoms with Crippen LogP contribution < -0.4 is 0 Å². The van der Waals surface area contributed by atoms with E-state index in [-0.39, 0.29) is 0 Å². The van der Waals surface area contributed by atoms with Gasteiger partial charge in [-0.15, -0.1) is 0 Å². The molecule has 1 unspecified atom stereocenters. The number of rotatable bonds is 6. The predicted molar refractivity (Wildman–Crippen MR) is 43.7 cm³/mol. The minimum Gasteiger partial charge on any atom is -0.544 e. The lowest BCUT2D eigenvalue weighted by molar-refractivity contribution is -0.0315. The number of hydrogen-bond donors (Lipinski definition) is 0. The summed E-state index contributed by atoms with van der Waals surface area (Å²) in [6, 6.07) is 0. The molecular formula is C7H12BO3. The molecule has 1 radical (unpaired) electrons. The highest BCUT2D eigenvalue weighted by atomic mass is 16.7. The first-order valence-corrected chi connectivity index (χ1v) is 3.14. The average Bonchev–Trinajstić information content (AvgIpc) is 1.97. The van der Waals surface area contributed by atoms with Crippen LogP contribution in [-0.2, 0) is 14.0 Å². The summed E-state index contributed by atoms with van der Waals surface area (Å²) >= 11 is 0. The van der Waals surface area contributed by atoms with Gasteiger partial charge in [0.15, 0.2) is 6.29 Å². The Kier molecular flexibility index (Phi) is 5.60. The lowest BCUT2D eigenvalue weighted by Gasteiger charge is -2.14. The smallest absolute Gasteiger partial charge is 0.544 e. The van der Waals surface area contributed by atoms with E-state index in [1.165, 1.54) is 13.4 Å². The monoisotopic (exact) mass is 155 g/mol. The molecule has 0 aliphatic rings. The molecule has 0 heterocycles. The molecule has 0 amide bonds. The van der Waals surface area contributed by atoms with E-state index in [4.69, 9.17) is 9.39 Å². The van der Waals surface area contributed by atoms with Crippen molar-refractivity contribution in [2.24, 2.45) is 0 Å². The van der Waals surface area contributed by atoms with Gasteiger partial charge in [-0.05, 0) is 12.5 Å². The molecule has 0 rings (SSSR count). The second-order valence-electron chi connectivity index (χ2n) is 1.95. The van der Waals surface area contributed by atoms with Gasteiger partial charge in [0.2, 0.25) is 0 Å². The van der Waals surface area contributed by atoms with Gasteiger partial charge in [0.1, 0.15) is 0 Å². The average molecular weight is 155 g/mol. The van der Waals surface area contributed by atoms with E-state index in [2.05, 4.69) is 17.8 Å². The summed E-state index contributed by atoms with van der Waals surface area (Å²) in [7, 11) is 2.68. The van der Waals surface area contributed by atoms with Crippen molar-refractivity contribution in [3.05, 3.63) is 25.0 Å². The minimum absolute atomic E-state index is 0.449. The van der Waals surface area contributed by atoms with Crippen LogP contribution in [0, 0.1) is 0 Å². The zero-order valence-corrected chi connectivity index (χ0v) is 6.87. The topological polar surface area (TPSA) is 27.7 Å². The first-order valence-electron chi connectivity index (χ1n) is 3.14. The van der Waals surface area contributed by atoms with Crippen molar-refractivity contribution >= 4 is 7.69 Å². The predicted octanol–water partition coefficient (Wildman–Crippen LogP) is 1.25. The lowest BCUT2D eigenvalue weighted by atomic mass is 10.3. The van der Waals surface area contributed by atoms with Crippen LogP contribution in [0.1, 0.15) is 6.92 Å². The van der Waals surface area contributed by atoms with Crippen molar-refractivity contribution in [2.45, 2.75) is 13.2 Å². The third-order valence-corrected chi connectivity index (χ3v) is 0.947. The van der Waals surface area contributed by atoms with Crippen LogP contribution in [-0.4, -0.2) is 21.1 Å². The molecule has 11 heavy (non-hydrogen) atoms. The molecule has 0 aliphatic carbocycles. The van der Waals surface area contributed by atoms with Crippen LogP contribution >= 0.6 is 0 Å². The van der Waals surface area contributed by atoms with Gasteiger partial charge in [0, 0.05) is 7.11 Å². The summed E-state index contributed by atoms with van der Waals surface area (Å²) in [5, 5.41) is 0.